The Bertz CT molecular complexity index is 681. The van der Waals surface area contributed by atoms with Gasteiger partial charge in [-0.2, -0.15) is 0 Å². The van der Waals surface area contributed by atoms with Crippen LogP contribution < -0.4 is 5.32 Å². The zero-order chi connectivity index (χ0) is 22.7. The fourth-order valence-electron chi connectivity index (χ4n) is 4.26. The zero-order valence-corrected chi connectivity index (χ0v) is 19.7. The SMILES string of the molecule is C=C(CCNC(=O)CC/C=C/C[C@H](CCCCCCC)OC)[C@@]12O[C@@H]1CC=C(C)C2=O. The van der Waals surface area contributed by atoms with Crippen molar-refractivity contribution in [2.45, 2.75) is 102 Å². The van der Waals surface area contributed by atoms with Gasteiger partial charge in [0.15, 0.2) is 11.4 Å². The maximum atomic E-state index is 12.4. The van der Waals surface area contributed by atoms with Gasteiger partial charge in [0.1, 0.15) is 6.10 Å². The van der Waals surface area contributed by atoms with E-state index in [-0.39, 0.29) is 23.9 Å². The van der Waals surface area contributed by atoms with Crippen LogP contribution in [0.15, 0.2) is 36.0 Å². The lowest BCUT2D eigenvalue weighted by Gasteiger charge is -2.18. The molecule has 1 amide bonds. The summed E-state index contributed by atoms with van der Waals surface area (Å²) in [6.07, 6.45) is 17.2. The number of amides is 1. The molecule has 174 valence electrons. The highest BCUT2D eigenvalue weighted by Gasteiger charge is 2.64. The molecule has 0 bridgehead atoms. The molecule has 0 saturated carbocycles. The largest absolute Gasteiger partial charge is 0.381 e. The van der Waals surface area contributed by atoms with Gasteiger partial charge in [0.05, 0.1) is 6.10 Å². The van der Waals surface area contributed by atoms with Crippen LogP contribution in [0.4, 0.5) is 0 Å². The first-order valence-electron chi connectivity index (χ1n) is 12.0. The summed E-state index contributed by atoms with van der Waals surface area (Å²) in [6, 6.07) is 0. The number of nitrogens with one attached hydrogen (secondary N) is 1. The minimum Gasteiger partial charge on any atom is -0.381 e. The average molecular weight is 432 g/mol. The molecule has 0 spiro atoms. The monoisotopic (exact) mass is 431 g/mol. The van der Waals surface area contributed by atoms with Crippen LogP contribution in [0.5, 0.6) is 0 Å². The molecule has 1 N–H and O–H groups in total. The number of fused-ring (bicyclic) bond motifs is 1. The standard InChI is InChI=1S/C26H41NO4/c1-5-6-7-8-10-13-22(30-4)14-11-9-12-15-24(28)27-19-18-21(3)26-23(31-26)17-16-20(2)25(26)29/h9,11,16,22-23H,3,5-8,10,12-15,17-19H2,1-2,4H3,(H,27,28)/b11-9+/t22-,23+,26+/m0/s1. The van der Waals surface area contributed by atoms with Crippen LogP contribution in [0.2, 0.25) is 0 Å². The van der Waals surface area contributed by atoms with Crippen LogP contribution in [0, 0.1) is 0 Å². The van der Waals surface area contributed by atoms with Gasteiger partial charge < -0.3 is 14.8 Å². The van der Waals surface area contributed by atoms with E-state index in [1.807, 2.05) is 13.0 Å². The molecule has 3 atom stereocenters. The lowest BCUT2D eigenvalue weighted by molar-refractivity contribution is -0.121. The number of carbonyl (C=O) groups excluding carboxylic acids is 2. The third-order valence-corrected chi connectivity index (χ3v) is 6.40. The van der Waals surface area contributed by atoms with Crippen molar-refractivity contribution < 1.29 is 19.1 Å². The van der Waals surface area contributed by atoms with E-state index in [0.717, 1.165) is 36.8 Å². The second-order valence-electron chi connectivity index (χ2n) is 8.80. The normalized spacial score (nSPS) is 23.4. The van der Waals surface area contributed by atoms with E-state index in [1.165, 1.54) is 32.1 Å². The highest BCUT2D eigenvalue weighted by Crippen LogP contribution is 2.50. The maximum Gasteiger partial charge on any atom is 0.220 e. The van der Waals surface area contributed by atoms with Gasteiger partial charge >= 0.3 is 0 Å². The van der Waals surface area contributed by atoms with Crippen molar-refractivity contribution in [3.8, 4) is 0 Å². The first-order valence-corrected chi connectivity index (χ1v) is 12.0. The molecule has 0 aromatic heterocycles. The third-order valence-electron chi connectivity index (χ3n) is 6.40. The van der Waals surface area contributed by atoms with E-state index < -0.39 is 5.60 Å². The molecule has 1 aliphatic carbocycles. The quantitative estimate of drug-likeness (QED) is 0.207. The predicted molar refractivity (Wildman–Crippen MR) is 125 cm³/mol. The average Bonchev–Trinajstić information content (AvgIpc) is 3.51. The van der Waals surface area contributed by atoms with Gasteiger partial charge in [-0.15, -0.1) is 0 Å². The molecule has 2 aliphatic rings. The Morgan fingerprint density at radius 3 is 2.84 bits per heavy atom. The van der Waals surface area contributed by atoms with Gasteiger partial charge in [-0.05, 0) is 50.2 Å². The minimum atomic E-state index is -0.819. The van der Waals surface area contributed by atoms with E-state index in [2.05, 4.69) is 31.0 Å². The van der Waals surface area contributed by atoms with Gasteiger partial charge in [-0.25, -0.2) is 0 Å². The molecule has 0 radical (unpaired) electrons. The van der Waals surface area contributed by atoms with Crippen LogP contribution in [-0.4, -0.2) is 43.2 Å². The van der Waals surface area contributed by atoms with Gasteiger partial charge in [0.25, 0.3) is 0 Å². The molecule has 2 rings (SSSR count). The number of ether oxygens (including phenoxy) is 2. The lowest BCUT2D eigenvalue weighted by Crippen LogP contribution is -2.34. The number of ketones is 1. The molecule has 1 heterocycles. The Kier molecular flexibility index (Phi) is 10.7. The summed E-state index contributed by atoms with van der Waals surface area (Å²) in [5, 5.41) is 2.93. The summed E-state index contributed by atoms with van der Waals surface area (Å²) >= 11 is 0. The Hall–Kier alpha value is -1.72. The van der Waals surface area contributed by atoms with E-state index >= 15 is 0 Å². The molecule has 1 saturated heterocycles. The zero-order valence-electron chi connectivity index (χ0n) is 19.7. The highest BCUT2D eigenvalue weighted by molar-refractivity contribution is 6.07. The van der Waals surface area contributed by atoms with Gasteiger partial charge in [0, 0.05) is 20.1 Å². The van der Waals surface area contributed by atoms with Crippen molar-refractivity contribution in [2.75, 3.05) is 13.7 Å². The first-order chi connectivity index (χ1) is 15.0. The summed E-state index contributed by atoms with van der Waals surface area (Å²) in [4.78, 5) is 24.5. The van der Waals surface area contributed by atoms with Gasteiger partial charge in [0.2, 0.25) is 5.91 Å². The second kappa shape index (κ2) is 13.0. The van der Waals surface area contributed by atoms with Crippen LogP contribution >= 0.6 is 0 Å². The van der Waals surface area contributed by atoms with E-state index in [1.54, 1.807) is 7.11 Å². The smallest absolute Gasteiger partial charge is 0.220 e. The molecule has 5 heteroatoms. The molecule has 0 aromatic carbocycles. The molecule has 0 aromatic rings. The number of rotatable bonds is 16. The summed E-state index contributed by atoms with van der Waals surface area (Å²) < 4.78 is 11.3. The number of methoxy groups -OCH3 is 1. The Morgan fingerprint density at radius 2 is 2.10 bits per heavy atom. The molecular weight excluding hydrogens is 390 g/mol. The Morgan fingerprint density at radius 1 is 1.32 bits per heavy atom. The number of unbranched alkanes of at least 4 members (excludes halogenated alkanes) is 4. The van der Waals surface area contributed by atoms with Gasteiger partial charge in [-0.3, -0.25) is 9.59 Å². The fourth-order valence-corrected chi connectivity index (χ4v) is 4.26. The first kappa shape index (κ1) is 25.5. The topological polar surface area (TPSA) is 67.9 Å². The predicted octanol–water partition coefficient (Wildman–Crippen LogP) is 5.21. The van der Waals surface area contributed by atoms with Gasteiger partial charge in [-0.1, -0.05) is 63.8 Å². The van der Waals surface area contributed by atoms with Crippen LogP contribution in [0.1, 0.15) is 84.5 Å². The number of hydrogen-bond acceptors (Lipinski definition) is 4. The minimum absolute atomic E-state index is 0.0217. The number of hydrogen-bond donors (Lipinski definition) is 1. The number of allylic oxidation sites excluding steroid dienone is 1. The molecule has 31 heavy (non-hydrogen) atoms. The molecule has 1 aliphatic heterocycles. The van der Waals surface area contributed by atoms with Crippen molar-refractivity contribution in [3.63, 3.8) is 0 Å². The molecular formula is C26H41NO4. The lowest BCUT2D eigenvalue weighted by atomic mass is 9.82. The highest BCUT2D eigenvalue weighted by atomic mass is 16.6. The summed E-state index contributed by atoms with van der Waals surface area (Å²) in [6.45, 7) is 8.62. The second-order valence-corrected chi connectivity index (χ2v) is 8.80. The molecule has 0 unspecified atom stereocenters. The van der Waals surface area contributed by atoms with Crippen molar-refractivity contribution in [2.24, 2.45) is 0 Å². The third kappa shape index (κ3) is 7.43. The van der Waals surface area contributed by atoms with Crippen molar-refractivity contribution in [1.82, 2.24) is 5.32 Å². The molecule has 1 fully saturated rings. The maximum absolute atomic E-state index is 12.4. The summed E-state index contributed by atoms with van der Waals surface area (Å²) in [5.41, 5.74) is 0.702. The summed E-state index contributed by atoms with van der Waals surface area (Å²) in [7, 11) is 1.78. The van der Waals surface area contributed by atoms with Crippen molar-refractivity contribution in [1.29, 1.82) is 0 Å². The van der Waals surface area contributed by atoms with Crippen molar-refractivity contribution in [3.05, 3.63) is 36.0 Å². The van der Waals surface area contributed by atoms with Crippen LogP contribution in [0.3, 0.4) is 0 Å². The number of Topliss-reactive ketones (excluding diaryl/α,β-unsaturated/α-hetero) is 1. The number of epoxide rings is 1. The van der Waals surface area contributed by atoms with Crippen molar-refractivity contribution >= 4 is 11.7 Å². The fraction of sp³-hybridized carbons (Fsp3) is 0.692. The van der Waals surface area contributed by atoms with E-state index in [0.29, 0.717) is 19.4 Å². The Balaban J connectivity index is 1.55. The number of carbonyl (C=O) groups is 2. The Labute approximate surface area is 188 Å². The van der Waals surface area contributed by atoms with Crippen LogP contribution in [0.25, 0.3) is 0 Å². The molecule has 5 nitrogen and oxygen atoms in total. The van der Waals surface area contributed by atoms with Crippen LogP contribution in [-0.2, 0) is 19.1 Å². The summed E-state index contributed by atoms with van der Waals surface area (Å²) in [5.74, 6) is 0.0500. The van der Waals surface area contributed by atoms with E-state index in [9.17, 15) is 9.59 Å². The van der Waals surface area contributed by atoms with E-state index in [4.69, 9.17) is 9.47 Å².